The Hall–Kier alpha value is -2.38. The van der Waals surface area contributed by atoms with Gasteiger partial charge >= 0.3 is 0 Å². The second kappa shape index (κ2) is 9.70. The van der Waals surface area contributed by atoms with Crippen LogP contribution in [0.15, 0.2) is 57.1 Å². The van der Waals surface area contributed by atoms with Crippen molar-refractivity contribution < 1.29 is 14.0 Å². The molecule has 0 bridgehead atoms. The minimum Gasteiger partial charge on any atom is -0.362 e. The highest BCUT2D eigenvalue weighted by molar-refractivity contribution is 8.01. The molecule has 180 valence electrons. The van der Waals surface area contributed by atoms with Crippen molar-refractivity contribution in [3.63, 3.8) is 0 Å². The van der Waals surface area contributed by atoms with E-state index in [0.717, 1.165) is 39.8 Å². The Morgan fingerprint density at radius 3 is 2.71 bits per heavy atom. The van der Waals surface area contributed by atoms with Gasteiger partial charge in [-0.2, -0.15) is 0 Å². The number of halogens is 1. The normalized spacial score (nSPS) is 19.7. The fraction of sp³-hybridized carbons (Fsp3) is 0.407. The molecule has 1 aromatic carbocycles. The van der Waals surface area contributed by atoms with Crippen LogP contribution in [0.2, 0.25) is 0 Å². The van der Waals surface area contributed by atoms with E-state index in [1.54, 1.807) is 35.2 Å². The summed E-state index contributed by atoms with van der Waals surface area (Å²) in [5.41, 5.74) is 4.16. The lowest BCUT2D eigenvalue weighted by Crippen LogP contribution is -2.39. The first-order chi connectivity index (χ1) is 16.1. The number of carbonyl (C=O) groups is 2. The number of ketones is 1. The maximum absolute atomic E-state index is 13.8. The Labute approximate surface area is 209 Å². The molecule has 1 aliphatic carbocycles. The first kappa shape index (κ1) is 24.7. The van der Waals surface area contributed by atoms with Crippen LogP contribution in [0.5, 0.6) is 0 Å². The zero-order valence-corrected chi connectivity index (χ0v) is 21.9. The second-order valence-corrected chi connectivity index (χ2v) is 12.3. The van der Waals surface area contributed by atoms with Crippen LogP contribution in [0, 0.1) is 11.2 Å². The van der Waals surface area contributed by atoms with Gasteiger partial charge in [0.1, 0.15) is 5.82 Å². The van der Waals surface area contributed by atoms with E-state index in [4.69, 9.17) is 0 Å². The molecular weight excluding hydrogens is 467 g/mol. The van der Waals surface area contributed by atoms with Crippen LogP contribution in [0.3, 0.4) is 0 Å². The number of dihydropyridines is 1. The molecular formula is C27H31FN2O2S2. The average Bonchev–Trinajstić information content (AvgIpc) is 3.14. The van der Waals surface area contributed by atoms with Gasteiger partial charge in [-0.15, -0.1) is 23.1 Å². The minimum absolute atomic E-state index is 0.0870. The SMILES string of the molecule is CCSc1sc(CC)cc1[C@@H]1C(C(=O)Nc2cccc(F)c2)=C(C)NC2=C1C(=O)CC(C)(C)C2. The third kappa shape index (κ3) is 4.86. The number of thioether (sulfide) groups is 1. The largest absolute Gasteiger partial charge is 0.362 e. The molecule has 0 radical (unpaired) electrons. The molecule has 2 aromatic rings. The van der Waals surface area contributed by atoms with E-state index >= 15 is 0 Å². The zero-order valence-electron chi connectivity index (χ0n) is 20.3. The van der Waals surface area contributed by atoms with Gasteiger partial charge in [0.15, 0.2) is 5.78 Å². The summed E-state index contributed by atoms with van der Waals surface area (Å²) in [5.74, 6) is -0.185. The van der Waals surface area contributed by atoms with Crippen LogP contribution in [-0.2, 0) is 16.0 Å². The smallest absolute Gasteiger partial charge is 0.254 e. The lowest BCUT2D eigenvalue weighted by molar-refractivity contribution is -0.118. The molecule has 0 saturated heterocycles. The number of aryl methyl sites for hydroxylation is 1. The van der Waals surface area contributed by atoms with Crippen molar-refractivity contribution in [1.29, 1.82) is 0 Å². The highest BCUT2D eigenvalue weighted by atomic mass is 32.2. The Morgan fingerprint density at radius 1 is 1.26 bits per heavy atom. The second-order valence-electron chi connectivity index (χ2n) is 9.64. The molecule has 34 heavy (non-hydrogen) atoms. The van der Waals surface area contributed by atoms with E-state index in [1.807, 2.05) is 6.92 Å². The van der Waals surface area contributed by atoms with Crippen molar-refractivity contribution in [3.05, 3.63) is 69.1 Å². The number of hydrogen-bond donors (Lipinski definition) is 2. The maximum Gasteiger partial charge on any atom is 0.254 e. The number of Topliss-reactive ketones (excluding diaryl/α,β-unsaturated/α-hetero) is 1. The third-order valence-corrected chi connectivity index (χ3v) is 8.76. The first-order valence-electron chi connectivity index (χ1n) is 11.7. The summed E-state index contributed by atoms with van der Waals surface area (Å²) in [5, 5.41) is 6.27. The van der Waals surface area contributed by atoms with E-state index < -0.39 is 11.7 Å². The zero-order chi connectivity index (χ0) is 24.6. The number of carbonyl (C=O) groups excluding carboxylic acids is 2. The molecule has 0 unspecified atom stereocenters. The standard InChI is InChI=1S/C27H31FN2O2S2/c1-6-18-12-19(26(34-18)33-7-2)23-22(25(32)30-17-10-8-9-16(28)11-17)15(3)29-20-13-27(4,5)14-21(31)24(20)23/h8-12,23,29H,6-7,13-14H2,1-5H3,(H,30,32)/t23-/m1/s1. The Balaban J connectivity index is 1.86. The number of thiophene rings is 1. The Bertz CT molecular complexity index is 1210. The molecule has 7 heteroatoms. The fourth-order valence-electron chi connectivity index (χ4n) is 4.87. The lowest BCUT2D eigenvalue weighted by Gasteiger charge is -2.39. The quantitative estimate of drug-likeness (QED) is 0.430. The summed E-state index contributed by atoms with van der Waals surface area (Å²) < 4.78 is 14.9. The predicted molar refractivity (Wildman–Crippen MR) is 139 cm³/mol. The van der Waals surface area contributed by atoms with Crippen LogP contribution in [0.25, 0.3) is 0 Å². The van der Waals surface area contributed by atoms with Crippen LogP contribution in [0.1, 0.15) is 63.8 Å². The van der Waals surface area contributed by atoms with Gasteiger partial charge in [-0.3, -0.25) is 9.59 Å². The number of rotatable bonds is 6. The van der Waals surface area contributed by atoms with Crippen molar-refractivity contribution in [2.45, 2.75) is 64.0 Å². The summed E-state index contributed by atoms with van der Waals surface area (Å²) in [6.45, 7) is 10.3. The summed E-state index contributed by atoms with van der Waals surface area (Å²) in [6.07, 6.45) is 2.10. The molecule has 1 amide bonds. The number of benzene rings is 1. The van der Waals surface area contributed by atoms with E-state index in [2.05, 4.69) is 44.4 Å². The van der Waals surface area contributed by atoms with Gasteiger partial charge in [0.25, 0.3) is 5.91 Å². The van der Waals surface area contributed by atoms with Crippen molar-refractivity contribution in [2.24, 2.45) is 5.41 Å². The molecule has 1 aliphatic heterocycles. The molecule has 2 aliphatic rings. The highest BCUT2D eigenvalue weighted by Crippen LogP contribution is 2.50. The van der Waals surface area contributed by atoms with Gasteiger partial charge in [-0.05, 0) is 60.8 Å². The molecule has 0 spiro atoms. The summed E-state index contributed by atoms with van der Waals surface area (Å²) in [4.78, 5) is 28.4. The van der Waals surface area contributed by atoms with Crippen LogP contribution >= 0.6 is 23.1 Å². The number of hydrogen-bond acceptors (Lipinski definition) is 5. The lowest BCUT2D eigenvalue weighted by atomic mass is 9.69. The van der Waals surface area contributed by atoms with E-state index in [9.17, 15) is 14.0 Å². The molecule has 1 atom stereocenters. The number of anilines is 1. The molecule has 0 saturated carbocycles. The number of allylic oxidation sites excluding steroid dienone is 3. The number of nitrogens with one attached hydrogen (secondary N) is 2. The highest BCUT2D eigenvalue weighted by Gasteiger charge is 2.43. The predicted octanol–water partition coefficient (Wildman–Crippen LogP) is 6.80. The molecule has 2 heterocycles. The van der Waals surface area contributed by atoms with Gasteiger partial charge in [0.2, 0.25) is 0 Å². The van der Waals surface area contributed by atoms with Crippen LogP contribution in [-0.4, -0.2) is 17.4 Å². The summed E-state index contributed by atoms with van der Waals surface area (Å²) in [6, 6.07) is 8.05. The fourth-order valence-corrected chi connectivity index (χ4v) is 7.25. The van der Waals surface area contributed by atoms with Gasteiger partial charge in [0.05, 0.1) is 4.21 Å². The van der Waals surface area contributed by atoms with E-state index in [0.29, 0.717) is 23.3 Å². The van der Waals surface area contributed by atoms with Crippen LogP contribution in [0.4, 0.5) is 10.1 Å². The van der Waals surface area contributed by atoms with Gasteiger partial charge in [-0.25, -0.2) is 4.39 Å². The van der Waals surface area contributed by atoms with Gasteiger partial charge in [-0.1, -0.05) is 33.8 Å². The van der Waals surface area contributed by atoms with E-state index in [1.165, 1.54) is 17.0 Å². The average molecular weight is 499 g/mol. The van der Waals surface area contributed by atoms with Gasteiger partial charge < -0.3 is 10.6 Å². The molecule has 0 fully saturated rings. The summed E-state index contributed by atoms with van der Waals surface area (Å²) in [7, 11) is 0. The van der Waals surface area contributed by atoms with Crippen molar-refractivity contribution in [3.8, 4) is 0 Å². The van der Waals surface area contributed by atoms with Gasteiger partial charge in [0, 0.05) is 45.4 Å². The first-order valence-corrected chi connectivity index (χ1v) is 13.5. The Kier molecular flexibility index (Phi) is 7.06. The number of amides is 1. The monoisotopic (exact) mass is 498 g/mol. The van der Waals surface area contributed by atoms with E-state index in [-0.39, 0.29) is 17.1 Å². The molecule has 2 N–H and O–H groups in total. The topological polar surface area (TPSA) is 58.2 Å². The minimum atomic E-state index is -0.445. The van der Waals surface area contributed by atoms with Crippen molar-refractivity contribution in [2.75, 3.05) is 11.1 Å². The summed E-state index contributed by atoms with van der Waals surface area (Å²) >= 11 is 3.50. The molecule has 1 aromatic heterocycles. The third-order valence-electron chi connectivity index (χ3n) is 6.28. The molecule has 4 rings (SSSR count). The maximum atomic E-state index is 13.8. The van der Waals surface area contributed by atoms with Crippen molar-refractivity contribution >= 4 is 40.5 Å². The molecule has 4 nitrogen and oxygen atoms in total. The van der Waals surface area contributed by atoms with Crippen molar-refractivity contribution in [1.82, 2.24) is 5.32 Å². The van der Waals surface area contributed by atoms with Crippen LogP contribution < -0.4 is 10.6 Å². The Morgan fingerprint density at radius 2 is 2.03 bits per heavy atom.